The Morgan fingerprint density at radius 3 is 2.29 bits per heavy atom. The van der Waals surface area contributed by atoms with Crippen LogP contribution in [0.5, 0.6) is 0 Å². The number of alkyl halides is 1. The van der Waals surface area contributed by atoms with Crippen molar-refractivity contribution in [3.05, 3.63) is 24.3 Å². The van der Waals surface area contributed by atoms with Crippen LogP contribution in [0, 0.1) is 0 Å². The van der Waals surface area contributed by atoms with Crippen molar-refractivity contribution in [1.82, 2.24) is 0 Å². The van der Waals surface area contributed by atoms with E-state index in [0.29, 0.717) is 0 Å². The topological polar surface area (TPSA) is 35.5 Å². The molecule has 0 amide bonds. The SMILES string of the molecule is C/C=C/[C@H](O[Si](C)(C)C(C)(C)C)[C@@H](/C=C/CCCC)OC(=O)CCl. The average Bonchev–Trinajstić information content (AvgIpc) is 2.48. The molecule has 2 atom stereocenters. The van der Waals surface area contributed by atoms with Gasteiger partial charge in [-0.05, 0) is 37.6 Å². The second-order valence-corrected chi connectivity index (χ2v) is 12.6. The molecular formula is C19H35ClO3Si. The number of carbonyl (C=O) groups is 1. The molecule has 5 heteroatoms. The van der Waals surface area contributed by atoms with E-state index in [1.165, 1.54) is 0 Å². The first kappa shape index (κ1) is 23.4. The smallest absolute Gasteiger partial charge is 0.321 e. The zero-order chi connectivity index (χ0) is 18.8. The maximum Gasteiger partial charge on any atom is 0.321 e. The molecule has 0 fully saturated rings. The second kappa shape index (κ2) is 11.1. The lowest BCUT2D eigenvalue weighted by Gasteiger charge is -2.40. The lowest BCUT2D eigenvalue weighted by Crippen LogP contribution is -2.47. The molecule has 0 radical (unpaired) electrons. The van der Waals surface area contributed by atoms with Crippen LogP contribution in [0.15, 0.2) is 24.3 Å². The van der Waals surface area contributed by atoms with Gasteiger partial charge in [-0.1, -0.05) is 58.8 Å². The molecular weight excluding hydrogens is 340 g/mol. The van der Waals surface area contributed by atoms with Crippen LogP contribution in [0.4, 0.5) is 0 Å². The Kier molecular flexibility index (Phi) is 10.8. The Morgan fingerprint density at radius 1 is 1.21 bits per heavy atom. The van der Waals surface area contributed by atoms with E-state index in [-0.39, 0.29) is 17.0 Å². The van der Waals surface area contributed by atoms with Crippen molar-refractivity contribution < 1.29 is 14.0 Å². The molecule has 0 aliphatic heterocycles. The molecule has 0 spiro atoms. The van der Waals surface area contributed by atoms with Crippen molar-refractivity contribution in [3.8, 4) is 0 Å². The molecule has 0 aromatic heterocycles. The van der Waals surface area contributed by atoms with Crippen LogP contribution in [-0.4, -0.2) is 32.4 Å². The Bertz CT molecular complexity index is 425. The van der Waals surface area contributed by atoms with Crippen LogP contribution in [0.2, 0.25) is 18.1 Å². The summed E-state index contributed by atoms with van der Waals surface area (Å²) in [6.07, 6.45) is 10.4. The van der Waals surface area contributed by atoms with Gasteiger partial charge in [0.05, 0.1) is 0 Å². The number of hydrogen-bond acceptors (Lipinski definition) is 3. The summed E-state index contributed by atoms with van der Waals surface area (Å²) in [6, 6.07) is 0. The molecule has 0 aromatic carbocycles. The highest BCUT2D eigenvalue weighted by Crippen LogP contribution is 2.38. The van der Waals surface area contributed by atoms with Gasteiger partial charge in [0, 0.05) is 0 Å². The third-order valence-electron chi connectivity index (χ3n) is 4.37. The minimum atomic E-state index is -1.99. The van der Waals surface area contributed by atoms with Crippen molar-refractivity contribution in [3.63, 3.8) is 0 Å². The summed E-state index contributed by atoms with van der Waals surface area (Å²) in [5.74, 6) is -0.572. The van der Waals surface area contributed by atoms with Crippen molar-refractivity contribution in [2.24, 2.45) is 0 Å². The second-order valence-electron chi connectivity index (χ2n) is 7.53. The minimum Gasteiger partial charge on any atom is -0.454 e. The number of rotatable bonds is 10. The molecule has 0 aliphatic rings. The quantitative estimate of drug-likeness (QED) is 0.158. The number of unbranched alkanes of at least 4 members (excludes halogenated alkanes) is 2. The van der Waals surface area contributed by atoms with Crippen molar-refractivity contribution in [1.29, 1.82) is 0 Å². The number of carbonyl (C=O) groups excluding carboxylic acids is 1. The number of allylic oxidation sites excluding steroid dienone is 2. The summed E-state index contributed by atoms with van der Waals surface area (Å²) in [5, 5.41) is 0.0831. The molecule has 0 aromatic rings. The predicted octanol–water partition coefficient (Wildman–Crippen LogP) is 5.85. The fourth-order valence-corrected chi connectivity index (χ4v) is 3.18. The highest BCUT2D eigenvalue weighted by molar-refractivity contribution is 6.74. The molecule has 0 saturated heterocycles. The van der Waals surface area contributed by atoms with E-state index in [0.717, 1.165) is 19.3 Å². The monoisotopic (exact) mass is 374 g/mol. The third kappa shape index (κ3) is 8.50. The van der Waals surface area contributed by atoms with Crippen molar-refractivity contribution in [2.45, 2.75) is 84.2 Å². The highest BCUT2D eigenvalue weighted by atomic mass is 35.5. The van der Waals surface area contributed by atoms with Crippen LogP contribution in [0.25, 0.3) is 0 Å². The Balaban J connectivity index is 5.36. The summed E-state index contributed by atoms with van der Waals surface area (Å²) in [6.45, 7) is 15.1. The standard InChI is InChI=1S/C19H35ClO3Si/c1-8-10-11-12-14-16(22-18(21)15-20)17(13-9-2)23-24(6,7)19(3,4)5/h9,12-14,16-17H,8,10-11,15H2,1-7H3/b13-9+,14-12+/t16-,17+/m1/s1. The number of hydrogen-bond donors (Lipinski definition) is 0. The van der Waals surface area contributed by atoms with Crippen molar-refractivity contribution >= 4 is 25.9 Å². The van der Waals surface area contributed by atoms with Gasteiger partial charge in [0.15, 0.2) is 8.32 Å². The Morgan fingerprint density at radius 2 is 1.83 bits per heavy atom. The van der Waals surface area contributed by atoms with E-state index < -0.39 is 20.4 Å². The molecule has 0 bridgehead atoms. The van der Waals surface area contributed by atoms with E-state index in [4.69, 9.17) is 20.8 Å². The molecule has 0 heterocycles. The number of halogens is 1. The molecule has 140 valence electrons. The molecule has 3 nitrogen and oxygen atoms in total. The Labute approximate surface area is 154 Å². The maximum atomic E-state index is 11.7. The van der Waals surface area contributed by atoms with Crippen molar-refractivity contribution in [2.75, 3.05) is 5.88 Å². The summed E-state index contributed by atoms with van der Waals surface area (Å²) in [5.41, 5.74) is 0. The van der Waals surface area contributed by atoms with E-state index in [1.54, 1.807) is 0 Å². The normalized spacial score (nSPS) is 15.8. The predicted molar refractivity (Wildman–Crippen MR) is 106 cm³/mol. The van der Waals surface area contributed by atoms with E-state index in [1.807, 2.05) is 25.2 Å². The van der Waals surface area contributed by atoms with Gasteiger partial charge < -0.3 is 9.16 Å². The summed E-state index contributed by atoms with van der Waals surface area (Å²) in [7, 11) is -1.99. The molecule has 0 rings (SSSR count). The van der Waals surface area contributed by atoms with Gasteiger partial charge in [0.25, 0.3) is 0 Å². The third-order valence-corrected chi connectivity index (χ3v) is 9.06. The van der Waals surface area contributed by atoms with Crippen LogP contribution in [0.3, 0.4) is 0 Å². The van der Waals surface area contributed by atoms with E-state index >= 15 is 0 Å². The summed E-state index contributed by atoms with van der Waals surface area (Å²) in [4.78, 5) is 11.7. The first-order valence-corrected chi connectivity index (χ1v) is 12.3. The minimum absolute atomic E-state index is 0.0831. The van der Waals surface area contributed by atoms with Crippen LogP contribution in [-0.2, 0) is 14.0 Å². The molecule has 24 heavy (non-hydrogen) atoms. The molecule has 0 aliphatic carbocycles. The van der Waals surface area contributed by atoms with Gasteiger partial charge >= 0.3 is 5.97 Å². The van der Waals surface area contributed by atoms with Gasteiger partial charge in [-0.25, -0.2) is 0 Å². The van der Waals surface area contributed by atoms with Crippen LogP contribution >= 0.6 is 11.6 Å². The van der Waals surface area contributed by atoms with Gasteiger partial charge in [-0.15, -0.1) is 11.6 Å². The first-order chi connectivity index (χ1) is 11.1. The lowest BCUT2D eigenvalue weighted by molar-refractivity contribution is -0.146. The van der Waals surface area contributed by atoms with Gasteiger partial charge in [-0.3, -0.25) is 4.79 Å². The maximum absolute atomic E-state index is 11.7. The van der Waals surface area contributed by atoms with E-state index in [2.05, 4.69) is 46.9 Å². The summed E-state index contributed by atoms with van der Waals surface area (Å²) >= 11 is 5.62. The number of ether oxygens (including phenoxy) is 1. The Hall–Kier alpha value is -0.583. The number of esters is 1. The molecule has 0 N–H and O–H groups in total. The van der Waals surface area contributed by atoms with Gasteiger partial charge in [0.2, 0.25) is 0 Å². The largest absolute Gasteiger partial charge is 0.454 e. The average molecular weight is 375 g/mol. The molecule has 0 unspecified atom stereocenters. The highest BCUT2D eigenvalue weighted by Gasteiger charge is 2.40. The van der Waals surface area contributed by atoms with Gasteiger partial charge in [0.1, 0.15) is 18.1 Å². The van der Waals surface area contributed by atoms with Crippen LogP contribution < -0.4 is 0 Å². The lowest BCUT2D eigenvalue weighted by atomic mass is 10.1. The summed E-state index contributed by atoms with van der Waals surface area (Å²) < 4.78 is 12.0. The molecule has 0 saturated carbocycles. The fourth-order valence-electron chi connectivity index (χ4n) is 1.87. The fraction of sp³-hybridized carbons (Fsp3) is 0.737. The zero-order valence-electron chi connectivity index (χ0n) is 16.4. The van der Waals surface area contributed by atoms with E-state index in [9.17, 15) is 4.79 Å². The van der Waals surface area contributed by atoms with Crippen LogP contribution in [0.1, 0.15) is 53.9 Å². The van der Waals surface area contributed by atoms with Gasteiger partial charge in [-0.2, -0.15) is 0 Å². The zero-order valence-corrected chi connectivity index (χ0v) is 18.2. The first-order valence-electron chi connectivity index (χ1n) is 8.81.